The molecule has 12 nitrogen and oxygen atoms in total. The summed E-state index contributed by atoms with van der Waals surface area (Å²) in [4.78, 5) is 56.6. The van der Waals surface area contributed by atoms with Gasteiger partial charge in [-0.1, -0.05) is 197 Å². The number of unbranched alkanes of at least 4 members (excludes halogenated alkanes) is 20. The van der Waals surface area contributed by atoms with Crippen molar-refractivity contribution in [2.45, 2.75) is 318 Å². The highest BCUT2D eigenvalue weighted by atomic mass is 16.7. The third kappa shape index (κ3) is 49.0. The molecule has 0 heterocycles. The van der Waals surface area contributed by atoms with Crippen LogP contribution in [0, 0.1) is 11.8 Å². The quantitative estimate of drug-likeness (QED) is 0.0326. The third-order valence-electron chi connectivity index (χ3n) is 15.5. The fourth-order valence-corrected chi connectivity index (χ4v) is 10.3. The number of nitrogens with zero attached hydrogens (tertiary/aromatic N) is 2. The molecule has 0 radical (unpaired) electrons. The molecule has 0 aromatic carbocycles. The minimum absolute atomic E-state index is 0.121. The van der Waals surface area contributed by atoms with Crippen molar-refractivity contribution in [1.29, 1.82) is 0 Å². The zero-order chi connectivity index (χ0) is 56.7. The van der Waals surface area contributed by atoms with Gasteiger partial charge in [0.25, 0.3) is 0 Å². The van der Waals surface area contributed by atoms with Gasteiger partial charge in [-0.3, -0.25) is 14.5 Å². The fraction of sp³-hybridized carbons (Fsp3) is 0.938. The molecule has 0 bridgehead atoms. The summed E-state index contributed by atoms with van der Waals surface area (Å²) in [6.45, 7) is 23.7. The Morgan fingerprint density at radius 3 is 0.922 bits per heavy atom. The van der Waals surface area contributed by atoms with E-state index in [0.29, 0.717) is 76.7 Å². The highest BCUT2D eigenvalue weighted by Crippen LogP contribution is 2.23. The third-order valence-corrected chi connectivity index (χ3v) is 15.5. The summed E-state index contributed by atoms with van der Waals surface area (Å²) in [5.74, 6) is 0.657. The molecule has 0 aliphatic heterocycles. The predicted octanol–water partition coefficient (Wildman–Crippen LogP) is 18.3. The number of carbonyl (C=O) groups is 4. The van der Waals surface area contributed by atoms with E-state index in [1.807, 2.05) is 0 Å². The van der Waals surface area contributed by atoms with E-state index >= 15 is 0 Å². The standard InChI is InChI=1S/C65H126N2O10/c1-9-17-23-29-40-58(41-30-24-18-10-2)56-74-62(68)48-37-35-46-60(44-33-27-21-13-5)76-64(70)72-54-52-67(51-39-50-66(15-7)16-8)53-55-73-65(71)77-61(45-34-28-22-14-6)47-36-38-49-63(69)75-57-59(42-31-25-19-11-3)43-32-26-20-12-4/h58-61H,9-57H2,1-8H3. The number of hydrogen-bond acceptors (Lipinski definition) is 12. The number of rotatable bonds is 58. The van der Waals surface area contributed by atoms with Crippen LogP contribution in [-0.4, -0.2) is 112 Å². The molecular formula is C65H126N2O10. The fourth-order valence-electron chi connectivity index (χ4n) is 10.3. The van der Waals surface area contributed by atoms with Crippen molar-refractivity contribution in [3.05, 3.63) is 0 Å². The van der Waals surface area contributed by atoms with E-state index in [1.165, 1.54) is 103 Å². The summed E-state index contributed by atoms with van der Waals surface area (Å²) in [7, 11) is 0. The van der Waals surface area contributed by atoms with Gasteiger partial charge in [0.15, 0.2) is 0 Å². The summed E-state index contributed by atoms with van der Waals surface area (Å²) < 4.78 is 34.9. The van der Waals surface area contributed by atoms with Crippen LogP contribution in [0.25, 0.3) is 0 Å². The first-order chi connectivity index (χ1) is 37.6. The second-order valence-electron chi connectivity index (χ2n) is 22.6. The van der Waals surface area contributed by atoms with Crippen molar-refractivity contribution in [3.8, 4) is 0 Å². The molecule has 0 aromatic heterocycles. The van der Waals surface area contributed by atoms with Crippen molar-refractivity contribution in [3.63, 3.8) is 0 Å². The van der Waals surface area contributed by atoms with Crippen molar-refractivity contribution >= 4 is 24.2 Å². The van der Waals surface area contributed by atoms with Gasteiger partial charge in [0.1, 0.15) is 25.4 Å². The van der Waals surface area contributed by atoms with Crippen LogP contribution in [-0.2, 0) is 38.0 Å². The molecule has 0 rings (SSSR count). The van der Waals surface area contributed by atoms with Crippen LogP contribution in [0.4, 0.5) is 9.59 Å². The number of esters is 2. The van der Waals surface area contributed by atoms with E-state index in [1.54, 1.807) is 0 Å². The lowest BCUT2D eigenvalue weighted by molar-refractivity contribution is -0.146. The van der Waals surface area contributed by atoms with E-state index in [2.05, 4.69) is 65.2 Å². The molecule has 2 atom stereocenters. The highest BCUT2D eigenvalue weighted by molar-refractivity contribution is 5.69. The largest absolute Gasteiger partial charge is 0.508 e. The molecule has 0 saturated heterocycles. The monoisotopic (exact) mass is 1090 g/mol. The molecule has 0 N–H and O–H groups in total. The second-order valence-corrected chi connectivity index (χ2v) is 22.6. The summed E-state index contributed by atoms with van der Waals surface area (Å²) in [5.41, 5.74) is 0. The molecule has 0 amide bonds. The lowest BCUT2D eigenvalue weighted by Gasteiger charge is -2.25. The number of carbonyl (C=O) groups excluding carboxylic acids is 4. The van der Waals surface area contributed by atoms with Gasteiger partial charge in [0.2, 0.25) is 0 Å². The van der Waals surface area contributed by atoms with Gasteiger partial charge in [-0.05, 0) is 134 Å². The van der Waals surface area contributed by atoms with E-state index in [0.717, 1.165) is 135 Å². The molecule has 0 aliphatic carbocycles. The van der Waals surface area contributed by atoms with Crippen LogP contribution in [0.1, 0.15) is 306 Å². The van der Waals surface area contributed by atoms with Crippen LogP contribution < -0.4 is 0 Å². The number of hydrogen-bond donors (Lipinski definition) is 0. The van der Waals surface area contributed by atoms with Gasteiger partial charge < -0.3 is 33.3 Å². The van der Waals surface area contributed by atoms with E-state index in [4.69, 9.17) is 28.4 Å². The SMILES string of the molecule is CCCCCCC(CCCCCC)COC(=O)CCCCC(CCCCCC)OC(=O)OCCN(CCCN(CC)CC)CCOC(=O)OC(CCCCCC)CCCCC(=O)OCC(CCCCCC)CCCCCC. The maximum absolute atomic E-state index is 13.2. The Balaban J connectivity index is 5.26. The Kier molecular flexibility index (Phi) is 54.8. The van der Waals surface area contributed by atoms with E-state index < -0.39 is 12.3 Å². The normalized spacial score (nSPS) is 12.4. The molecule has 0 aromatic rings. The summed E-state index contributed by atoms with van der Waals surface area (Å²) in [6, 6.07) is 0. The second kappa shape index (κ2) is 56.7. The lowest BCUT2D eigenvalue weighted by atomic mass is 9.95. The summed E-state index contributed by atoms with van der Waals surface area (Å²) >= 11 is 0. The molecule has 12 heteroatoms. The van der Waals surface area contributed by atoms with Crippen LogP contribution in [0.2, 0.25) is 0 Å². The average molecular weight is 1100 g/mol. The van der Waals surface area contributed by atoms with Gasteiger partial charge >= 0.3 is 24.2 Å². The zero-order valence-corrected chi connectivity index (χ0v) is 51.9. The van der Waals surface area contributed by atoms with Crippen molar-refractivity contribution in [2.24, 2.45) is 11.8 Å². The minimum Gasteiger partial charge on any atom is -0.465 e. The van der Waals surface area contributed by atoms with Crippen molar-refractivity contribution < 1.29 is 47.6 Å². The molecule has 0 spiro atoms. The van der Waals surface area contributed by atoms with Crippen LogP contribution in [0.5, 0.6) is 0 Å². The lowest BCUT2D eigenvalue weighted by Crippen LogP contribution is -2.35. The highest BCUT2D eigenvalue weighted by Gasteiger charge is 2.20. The maximum Gasteiger partial charge on any atom is 0.508 e. The van der Waals surface area contributed by atoms with Crippen LogP contribution >= 0.6 is 0 Å². The van der Waals surface area contributed by atoms with Crippen molar-refractivity contribution in [2.75, 3.05) is 65.7 Å². The maximum atomic E-state index is 13.2. The molecule has 0 fully saturated rings. The predicted molar refractivity (Wildman–Crippen MR) is 320 cm³/mol. The van der Waals surface area contributed by atoms with Gasteiger partial charge in [-0.2, -0.15) is 0 Å². The van der Waals surface area contributed by atoms with Gasteiger partial charge in [-0.25, -0.2) is 9.59 Å². The first-order valence-electron chi connectivity index (χ1n) is 33.0. The molecule has 77 heavy (non-hydrogen) atoms. The summed E-state index contributed by atoms with van der Waals surface area (Å²) in [5, 5.41) is 0. The molecule has 0 aliphatic rings. The molecular weight excluding hydrogens is 969 g/mol. The van der Waals surface area contributed by atoms with Crippen molar-refractivity contribution in [1.82, 2.24) is 9.80 Å². The van der Waals surface area contributed by atoms with Gasteiger partial charge in [-0.15, -0.1) is 0 Å². The van der Waals surface area contributed by atoms with Gasteiger partial charge in [0.05, 0.1) is 13.2 Å². The Morgan fingerprint density at radius 1 is 0.312 bits per heavy atom. The molecule has 2 unspecified atom stereocenters. The smallest absolute Gasteiger partial charge is 0.465 e. The Labute approximate surface area is 475 Å². The first kappa shape index (κ1) is 74.4. The molecule has 0 saturated carbocycles. The van der Waals surface area contributed by atoms with E-state index in [9.17, 15) is 19.2 Å². The zero-order valence-electron chi connectivity index (χ0n) is 51.9. The summed E-state index contributed by atoms with van der Waals surface area (Å²) in [6.07, 6.45) is 38.7. The number of ether oxygens (including phenoxy) is 6. The topological polar surface area (TPSA) is 130 Å². The Hall–Kier alpha value is -2.60. The van der Waals surface area contributed by atoms with Crippen LogP contribution in [0.3, 0.4) is 0 Å². The average Bonchev–Trinajstić information content (AvgIpc) is 3.42. The Morgan fingerprint density at radius 2 is 0.610 bits per heavy atom. The van der Waals surface area contributed by atoms with Gasteiger partial charge in [0, 0.05) is 25.9 Å². The molecule has 456 valence electrons. The first-order valence-corrected chi connectivity index (χ1v) is 33.0. The van der Waals surface area contributed by atoms with Crippen LogP contribution in [0.15, 0.2) is 0 Å². The minimum atomic E-state index is -0.659. The Bertz CT molecular complexity index is 1200. The van der Waals surface area contributed by atoms with E-state index in [-0.39, 0.29) is 37.4 Å².